The van der Waals surface area contributed by atoms with Gasteiger partial charge in [-0.25, -0.2) is 0 Å². The third-order valence-electron chi connectivity index (χ3n) is 3.08. The quantitative estimate of drug-likeness (QED) is 0.650. The first kappa shape index (κ1) is 16.6. The van der Waals surface area contributed by atoms with Crippen molar-refractivity contribution in [3.05, 3.63) is 77.5 Å². The van der Waals surface area contributed by atoms with E-state index in [2.05, 4.69) is 5.32 Å². The Labute approximate surface area is 131 Å². The smallest absolute Gasteiger partial charge is 0.431 e. The van der Waals surface area contributed by atoms with Gasteiger partial charge in [-0.15, -0.1) is 0 Å². The first-order chi connectivity index (χ1) is 10.9. The van der Waals surface area contributed by atoms with E-state index in [1.165, 1.54) is 24.3 Å². The summed E-state index contributed by atoms with van der Waals surface area (Å²) in [5, 5.41) is 11.8. The monoisotopic (exact) mass is 321 g/mol. The Balaban J connectivity index is 2.21. The van der Waals surface area contributed by atoms with Crippen LogP contribution in [-0.4, -0.2) is 17.1 Å². The van der Waals surface area contributed by atoms with Crippen LogP contribution in [0.5, 0.6) is 5.75 Å². The van der Waals surface area contributed by atoms with Gasteiger partial charge in [0.05, 0.1) is 5.56 Å². The van der Waals surface area contributed by atoms with Crippen molar-refractivity contribution in [3.8, 4) is 5.75 Å². The van der Waals surface area contributed by atoms with Crippen LogP contribution in [0.25, 0.3) is 0 Å². The number of hydrogen-bond acceptors (Lipinski definition) is 3. The molecule has 0 aliphatic carbocycles. The number of benzene rings is 2. The number of rotatable bonds is 5. The molecule has 0 heterocycles. The molecule has 120 valence electrons. The minimum absolute atomic E-state index is 0.0692. The van der Waals surface area contributed by atoms with Gasteiger partial charge in [0.15, 0.2) is 5.78 Å². The molecule has 0 fully saturated rings. The standard InChI is InChI=1S/C17H14F3NO2/c18-17(19,20)16(21-11-12-6-2-1-3-7-12)10-15(23)13-8-4-5-9-14(13)22/h1-10,21-22H,11H2/b16-10-. The van der Waals surface area contributed by atoms with E-state index in [0.29, 0.717) is 11.6 Å². The highest BCUT2D eigenvalue weighted by Crippen LogP contribution is 2.25. The molecule has 6 heteroatoms. The van der Waals surface area contributed by atoms with Crippen LogP contribution < -0.4 is 5.32 Å². The van der Waals surface area contributed by atoms with Crippen LogP contribution in [0.15, 0.2) is 66.4 Å². The highest BCUT2D eigenvalue weighted by molar-refractivity contribution is 6.06. The summed E-state index contributed by atoms with van der Waals surface area (Å²) in [6.07, 6.45) is -4.24. The molecule has 0 radical (unpaired) electrons. The largest absolute Gasteiger partial charge is 0.507 e. The highest BCUT2D eigenvalue weighted by Gasteiger charge is 2.34. The molecule has 0 unspecified atom stereocenters. The third-order valence-corrected chi connectivity index (χ3v) is 3.08. The molecule has 2 N–H and O–H groups in total. The van der Waals surface area contributed by atoms with Crippen molar-refractivity contribution in [1.29, 1.82) is 0 Å². The molecule has 3 nitrogen and oxygen atoms in total. The topological polar surface area (TPSA) is 49.3 Å². The minimum atomic E-state index is -4.70. The second kappa shape index (κ2) is 7.00. The van der Waals surface area contributed by atoms with E-state index in [-0.39, 0.29) is 17.9 Å². The number of hydrogen-bond donors (Lipinski definition) is 2. The zero-order valence-corrected chi connectivity index (χ0v) is 12.0. The Morgan fingerprint density at radius 1 is 1.04 bits per heavy atom. The molecule has 0 bridgehead atoms. The van der Waals surface area contributed by atoms with Crippen molar-refractivity contribution in [2.45, 2.75) is 12.7 Å². The van der Waals surface area contributed by atoms with Crippen LogP contribution in [-0.2, 0) is 6.54 Å². The maximum atomic E-state index is 13.1. The van der Waals surface area contributed by atoms with Crippen molar-refractivity contribution in [2.24, 2.45) is 0 Å². The van der Waals surface area contributed by atoms with Crippen molar-refractivity contribution < 1.29 is 23.1 Å². The van der Waals surface area contributed by atoms with Crippen LogP contribution >= 0.6 is 0 Å². The summed E-state index contributed by atoms with van der Waals surface area (Å²) in [5.74, 6) is -1.28. The lowest BCUT2D eigenvalue weighted by molar-refractivity contribution is -0.0970. The van der Waals surface area contributed by atoms with Crippen LogP contribution in [0.2, 0.25) is 0 Å². The molecule has 0 aliphatic heterocycles. The predicted octanol–water partition coefficient (Wildman–Crippen LogP) is 3.81. The van der Waals surface area contributed by atoms with Gasteiger partial charge in [-0.2, -0.15) is 13.2 Å². The number of carbonyl (C=O) groups is 1. The normalized spacial score (nSPS) is 12.0. The summed E-state index contributed by atoms with van der Waals surface area (Å²) >= 11 is 0. The molecular formula is C17H14F3NO2. The molecule has 0 aliphatic rings. The van der Waals surface area contributed by atoms with Gasteiger partial charge in [0, 0.05) is 12.6 Å². The van der Waals surface area contributed by atoms with E-state index in [1.54, 1.807) is 30.3 Å². The maximum Gasteiger partial charge on any atom is 0.431 e. The van der Waals surface area contributed by atoms with Gasteiger partial charge in [-0.05, 0) is 17.7 Å². The van der Waals surface area contributed by atoms with Gasteiger partial charge in [0.2, 0.25) is 0 Å². The number of allylic oxidation sites excluding steroid dienone is 2. The summed E-state index contributed by atoms with van der Waals surface area (Å²) in [6.45, 7) is -0.0692. The number of halogens is 3. The van der Waals surface area contributed by atoms with Gasteiger partial charge >= 0.3 is 6.18 Å². The third kappa shape index (κ3) is 4.60. The van der Waals surface area contributed by atoms with E-state index in [1.807, 2.05) is 0 Å². The predicted molar refractivity (Wildman–Crippen MR) is 79.9 cm³/mol. The number of phenolic OH excluding ortho intramolecular Hbond substituents is 1. The van der Waals surface area contributed by atoms with Crippen LogP contribution in [0.3, 0.4) is 0 Å². The van der Waals surface area contributed by atoms with Gasteiger partial charge in [-0.3, -0.25) is 4.79 Å². The van der Waals surface area contributed by atoms with E-state index in [4.69, 9.17) is 0 Å². The van der Waals surface area contributed by atoms with Crippen molar-refractivity contribution >= 4 is 5.78 Å². The minimum Gasteiger partial charge on any atom is -0.507 e. The van der Waals surface area contributed by atoms with Crippen molar-refractivity contribution in [1.82, 2.24) is 5.32 Å². The first-order valence-corrected chi connectivity index (χ1v) is 6.77. The van der Waals surface area contributed by atoms with E-state index in [0.717, 1.165) is 0 Å². The van der Waals surface area contributed by atoms with Crippen molar-refractivity contribution in [3.63, 3.8) is 0 Å². The van der Waals surface area contributed by atoms with E-state index in [9.17, 15) is 23.1 Å². The number of phenols is 1. The lowest BCUT2D eigenvalue weighted by Crippen LogP contribution is -2.27. The number of para-hydroxylation sites is 1. The molecule has 2 aromatic rings. The van der Waals surface area contributed by atoms with Gasteiger partial charge in [0.1, 0.15) is 11.4 Å². The number of alkyl halides is 3. The van der Waals surface area contributed by atoms with E-state index >= 15 is 0 Å². The molecule has 0 saturated heterocycles. The first-order valence-electron chi connectivity index (χ1n) is 6.77. The molecule has 2 aromatic carbocycles. The fraction of sp³-hybridized carbons (Fsp3) is 0.118. The van der Waals surface area contributed by atoms with Crippen LogP contribution in [0.1, 0.15) is 15.9 Å². The Hall–Kier alpha value is -2.76. The Morgan fingerprint density at radius 2 is 1.65 bits per heavy atom. The van der Waals surface area contributed by atoms with Gasteiger partial charge in [0.25, 0.3) is 0 Å². The number of aromatic hydroxyl groups is 1. The number of nitrogens with one attached hydrogen (secondary N) is 1. The van der Waals surface area contributed by atoms with Crippen LogP contribution in [0.4, 0.5) is 13.2 Å². The lowest BCUT2D eigenvalue weighted by Gasteiger charge is -2.14. The summed E-state index contributed by atoms with van der Waals surface area (Å²) < 4.78 is 39.2. The number of carbonyl (C=O) groups excluding carboxylic acids is 1. The van der Waals surface area contributed by atoms with Crippen molar-refractivity contribution in [2.75, 3.05) is 0 Å². The van der Waals surface area contributed by atoms with Gasteiger partial charge in [-0.1, -0.05) is 42.5 Å². The second-order valence-electron chi connectivity index (χ2n) is 4.78. The summed E-state index contributed by atoms with van der Waals surface area (Å²) in [6, 6.07) is 14.0. The molecular weight excluding hydrogens is 307 g/mol. The SMILES string of the molecule is O=C(/C=C(\NCc1ccccc1)C(F)(F)F)c1ccccc1O. The Bertz CT molecular complexity index is 709. The summed E-state index contributed by atoms with van der Waals surface area (Å²) in [5.41, 5.74) is -0.692. The molecule has 0 amide bonds. The van der Waals surface area contributed by atoms with Crippen LogP contribution in [0, 0.1) is 0 Å². The van der Waals surface area contributed by atoms with E-state index < -0.39 is 17.7 Å². The molecule has 2 rings (SSSR count). The average Bonchev–Trinajstić information content (AvgIpc) is 2.51. The molecule has 0 aromatic heterocycles. The number of ketones is 1. The fourth-order valence-corrected chi connectivity index (χ4v) is 1.92. The molecule has 0 spiro atoms. The highest BCUT2D eigenvalue weighted by atomic mass is 19.4. The average molecular weight is 321 g/mol. The maximum absolute atomic E-state index is 13.1. The van der Waals surface area contributed by atoms with Gasteiger partial charge < -0.3 is 10.4 Å². The summed E-state index contributed by atoms with van der Waals surface area (Å²) in [4.78, 5) is 12.0. The zero-order chi connectivity index (χ0) is 16.9. The lowest BCUT2D eigenvalue weighted by atomic mass is 10.1. The fourth-order valence-electron chi connectivity index (χ4n) is 1.92. The Kier molecular flexibility index (Phi) is 5.05. The molecule has 23 heavy (non-hydrogen) atoms. The molecule has 0 atom stereocenters. The second-order valence-corrected chi connectivity index (χ2v) is 4.78. The Morgan fingerprint density at radius 3 is 2.26 bits per heavy atom. The molecule has 0 saturated carbocycles. The summed E-state index contributed by atoms with van der Waals surface area (Å²) in [7, 11) is 0. The zero-order valence-electron chi connectivity index (χ0n) is 12.0.